The Labute approximate surface area is 99.9 Å². The van der Waals surface area contributed by atoms with Crippen molar-refractivity contribution >= 4 is 11.6 Å². The van der Waals surface area contributed by atoms with E-state index in [0.717, 1.165) is 6.42 Å². The molecular formula is C13H16FNO2. The van der Waals surface area contributed by atoms with E-state index in [1.807, 2.05) is 0 Å². The lowest BCUT2D eigenvalue weighted by Gasteiger charge is -2.41. The highest BCUT2D eigenvalue weighted by Gasteiger charge is 2.45. The van der Waals surface area contributed by atoms with Crippen LogP contribution >= 0.6 is 0 Å². The topological polar surface area (TPSA) is 40.5 Å². The number of nitrogens with zero attached hydrogens (tertiary/aromatic N) is 1. The monoisotopic (exact) mass is 237 g/mol. The number of anilines is 1. The van der Waals surface area contributed by atoms with Crippen molar-refractivity contribution in [1.82, 2.24) is 0 Å². The van der Waals surface area contributed by atoms with Gasteiger partial charge in [-0.25, -0.2) is 4.39 Å². The SMILES string of the molecule is CN(C(=O)C1(CO)CCC1)c1cccc(F)c1. The molecule has 0 aromatic heterocycles. The number of hydrogen-bond acceptors (Lipinski definition) is 2. The van der Waals surface area contributed by atoms with Crippen molar-refractivity contribution in [3.63, 3.8) is 0 Å². The van der Waals surface area contributed by atoms with Gasteiger partial charge in [0.2, 0.25) is 5.91 Å². The highest BCUT2D eigenvalue weighted by molar-refractivity contribution is 5.97. The molecule has 1 aliphatic rings. The molecule has 17 heavy (non-hydrogen) atoms. The van der Waals surface area contributed by atoms with Gasteiger partial charge in [-0.3, -0.25) is 4.79 Å². The number of amides is 1. The van der Waals surface area contributed by atoms with Gasteiger partial charge in [0.15, 0.2) is 0 Å². The van der Waals surface area contributed by atoms with Gasteiger partial charge >= 0.3 is 0 Å². The van der Waals surface area contributed by atoms with Gasteiger partial charge in [0, 0.05) is 12.7 Å². The maximum atomic E-state index is 13.1. The quantitative estimate of drug-likeness (QED) is 0.873. The van der Waals surface area contributed by atoms with E-state index in [0.29, 0.717) is 18.5 Å². The molecule has 92 valence electrons. The fraction of sp³-hybridized carbons (Fsp3) is 0.462. The van der Waals surface area contributed by atoms with Crippen molar-refractivity contribution in [2.75, 3.05) is 18.6 Å². The molecule has 0 atom stereocenters. The maximum Gasteiger partial charge on any atom is 0.235 e. The molecule has 0 heterocycles. The summed E-state index contributed by atoms with van der Waals surface area (Å²) >= 11 is 0. The minimum absolute atomic E-state index is 0.128. The van der Waals surface area contributed by atoms with Gasteiger partial charge in [0.1, 0.15) is 5.82 Å². The second-order valence-corrected chi connectivity index (χ2v) is 4.64. The normalized spacial score (nSPS) is 17.4. The molecule has 0 unspecified atom stereocenters. The minimum Gasteiger partial charge on any atom is -0.395 e. The first-order chi connectivity index (χ1) is 8.09. The molecular weight excluding hydrogens is 221 g/mol. The van der Waals surface area contributed by atoms with Crippen LogP contribution in [-0.2, 0) is 4.79 Å². The third-order valence-electron chi connectivity index (χ3n) is 3.57. The van der Waals surface area contributed by atoms with Crippen LogP contribution in [0, 0.1) is 11.2 Å². The number of rotatable bonds is 3. The van der Waals surface area contributed by atoms with E-state index in [9.17, 15) is 14.3 Å². The number of benzene rings is 1. The standard InChI is InChI=1S/C13H16FNO2/c1-15(11-5-2-4-10(14)8-11)12(17)13(9-16)6-3-7-13/h2,4-5,8,16H,3,6-7,9H2,1H3. The molecule has 0 radical (unpaired) electrons. The number of carbonyl (C=O) groups excluding carboxylic acids is 1. The highest BCUT2D eigenvalue weighted by Crippen LogP contribution is 2.42. The molecule has 0 aliphatic heterocycles. The number of halogens is 1. The molecule has 1 aromatic carbocycles. The molecule has 2 rings (SSSR count). The summed E-state index contributed by atoms with van der Waals surface area (Å²) in [5.74, 6) is -0.495. The summed E-state index contributed by atoms with van der Waals surface area (Å²) in [4.78, 5) is 13.7. The van der Waals surface area contributed by atoms with Crippen LogP contribution in [0.3, 0.4) is 0 Å². The molecule has 1 aliphatic carbocycles. The Bertz CT molecular complexity index is 424. The van der Waals surface area contributed by atoms with E-state index >= 15 is 0 Å². The summed E-state index contributed by atoms with van der Waals surface area (Å²) in [6.45, 7) is -0.133. The average molecular weight is 237 g/mol. The van der Waals surface area contributed by atoms with Crippen molar-refractivity contribution in [3.05, 3.63) is 30.1 Å². The van der Waals surface area contributed by atoms with E-state index in [1.165, 1.54) is 17.0 Å². The molecule has 0 bridgehead atoms. The molecule has 1 saturated carbocycles. The fourth-order valence-electron chi connectivity index (χ4n) is 2.20. The largest absolute Gasteiger partial charge is 0.395 e. The van der Waals surface area contributed by atoms with Gasteiger partial charge in [-0.2, -0.15) is 0 Å². The Morgan fingerprint density at radius 3 is 2.71 bits per heavy atom. The summed E-state index contributed by atoms with van der Waals surface area (Å²) in [6, 6.07) is 5.92. The van der Waals surface area contributed by atoms with Crippen LogP contribution in [0.4, 0.5) is 10.1 Å². The Balaban J connectivity index is 2.20. The van der Waals surface area contributed by atoms with E-state index < -0.39 is 5.41 Å². The Kier molecular flexibility index (Phi) is 3.15. The van der Waals surface area contributed by atoms with E-state index in [1.54, 1.807) is 19.2 Å². The van der Waals surface area contributed by atoms with Crippen LogP contribution in [-0.4, -0.2) is 24.7 Å². The number of carbonyl (C=O) groups is 1. The summed E-state index contributed by atoms with van der Waals surface area (Å²) in [7, 11) is 1.62. The molecule has 1 fully saturated rings. The van der Waals surface area contributed by atoms with Gasteiger partial charge in [0.05, 0.1) is 12.0 Å². The van der Waals surface area contributed by atoms with Crippen molar-refractivity contribution in [2.45, 2.75) is 19.3 Å². The van der Waals surface area contributed by atoms with Crippen LogP contribution in [0.2, 0.25) is 0 Å². The Morgan fingerprint density at radius 1 is 1.53 bits per heavy atom. The summed E-state index contributed by atoms with van der Waals surface area (Å²) in [5, 5.41) is 9.34. The van der Waals surface area contributed by atoms with Crippen LogP contribution < -0.4 is 4.90 Å². The van der Waals surface area contributed by atoms with Crippen LogP contribution in [0.1, 0.15) is 19.3 Å². The van der Waals surface area contributed by atoms with Crippen LogP contribution in [0.15, 0.2) is 24.3 Å². The molecule has 4 heteroatoms. The molecule has 1 amide bonds. The zero-order valence-electron chi connectivity index (χ0n) is 9.82. The first kappa shape index (κ1) is 12.0. The number of hydrogen-bond donors (Lipinski definition) is 1. The maximum absolute atomic E-state index is 13.1. The lowest BCUT2D eigenvalue weighted by Crippen LogP contribution is -2.49. The molecule has 1 aromatic rings. The first-order valence-corrected chi connectivity index (χ1v) is 5.74. The first-order valence-electron chi connectivity index (χ1n) is 5.74. The summed E-state index contributed by atoms with van der Waals surface area (Å²) in [5.41, 5.74) is -0.115. The smallest absolute Gasteiger partial charge is 0.235 e. The van der Waals surface area contributed by atoms with Gasteiger partial charge in [-0.05, 0) is 31.0 Å². The molecule has 0 spiro atoms. The van der Waals surface area contributed by atoms with Crippen molar-refractivity contribution in [1.29, 1.82) is 0 Å². The van der Waals surface area contributed by atoms with Crippen LogP contribution in [0.25, 0.3) is 0 Å². The lowest BCUT2D eigenvalue weighted by atomic mass is 9.68. The summed E-state index contributed by atoms with van der Waals surface area (Å²) in [6.07, 6.45) is 2.38. The molecule has 0 saturated heterocycles. The van der Waals surface area contributed by atoms with E-state index in [2.05, 4.69) is 0 Å². The van der Waals surface area contributed by atoms with Crippen LogP contribution in [0.5, 0.6) is 0 Å². The summed E-state index contributed by atoms with van der Waals surface area (Å²) < 4.78 is 13.1. The number of aliphatic hydroxyl groups is 1. The average Bonchev–Trinajstić information content (AvgIpc) is 2.27. The minimum atomic E-state index is -0.638. The second-order valence-electron chi connectivity index (χ2n) is 4.64. The molecule has 3 nitrogen and oxygen atoms in total. The number of aliphatic hydroxyl groups excluding tert-OH is 1. The third kappa shape index (κ3) is 2.05. The fourth-order valence-corrected chi connectivity index (χ4v) is 2.20. The predicted molar refractivity (Wildman–Crippen MR) is 63.2 cm³/mol. The molecule has 1 N–H and O–H groups in total. The predicted octanol–water partition coefficient (Wildman–Crippen LogP) is 1.95. The highest BCUT2D eigenvalue weighted by atomic mass is 19.1. The second kappa shape index (κ2) is 4.45. The zero-order chi connectivity index (χ0) is 12.5. The van der Waals surface area contributed by atoms with Gasteiger partial charge in [-0.1, -0.05) is 12.5 Å². The zero-order valence-corrected chi connectivity index (χ0v) is 9.82. The Hall–Kier alpha value is -1.42. The van der Waals surface area contributed by atoms with Gasteiger partial charge in [0.25, 0.3) is 0 Å². The van der Waals surface area contributed by atoms with Gasteiger partial charge < -0.3 is 10.0 Å². The lowest BCUT2D eigenvalue weighted by molar-refractivity contribution is -0.136. The third-order valence-corrected chi connectivity index (χ3v) is 3.57. The van der Waals surface area contributed by atoms with Crippen molar-refractivity contribution in [3.8, 4) is 0 Å². The Morgan fingerprint density at radius 2 is 2.24 bits per heavy atom. The van der Waals surface area contributed by atoms with Crippen molar-refractivity contribution in [2.24, 2.45) is 5.41 Å². The van der Waals surface area contributed by atoms with Gasteiger partial charge in [-0.15, -0.1) is 0 Å². The van der Waals surface area contributed by atoms with E-state index in [4.69, 9.17) is 0 Å². The van der Waals surface area contributed by atoms with Crippen molar-refractivity contribution < 1.29 is 14.3 Å². The van der Waals surface area contributed by atoms with E-state index in [-0.39, 0.29) is 18.3 Å².